The third kappa shape index (κ3) is 1.86. The van der Waals surface area contributed by atoms with E-state index in [1.54, 1.807) is 23.7 Å². The van der Waals surface area contributed by atoms with Crippen molar-refractivity contribution < 1.29 is 0 Å². The van der Waals surface area contributed by atoms with Crippen LogP contribution in [0.15, 0.2) is 17.9 Å². The molecule has 13 heavy (non-hydrogen) atoms. The van der Waals surface area contributed by atoms with E-state index in [1.165, 1.54) is 4.88 Å². The average Bonchev–Trinajstić information content (AvgIpc) is 2.72. The number of aromatic nitrogens is 3. The molecule has 0 spiro atoms. The van der Waals surface area contributed by atoms with Crippen molar-refractivity contribution in [3.05, 3.63) is 28.5 Å². The lowest BCUT2D eigenvalue weighted by Gasteiger charge is -1.99. The topological polar surface area (TPSA) is 53.6 Å². The van der Waals surface area contributed by atoms with Crippen molar-refractivity contribution in [2.75, 3.05) is 5.32 Å². The highest BCUT2D eigenvalue weighted by molar-refractivity contribution is 7.09. The van der Waals surface area contributed by atoms with Crippen molar-refractivity contribution in [2.45, 2.75) is 13.5 Å². The molecule has 0 aliphatic heterocycles. The molecular formula is C8H10N4S. The monoisotopic (exact) mass is 194 g/mol. The molecule has 0 unspecified atom stereocenters. The van der Waals surface area contributed by atoms with E-state index in [9.17, 15) is 0 Å². The molecule has 0 fully saturated rings. The lowest BCUT2D eigenvalue weighted by molar-refractivity contribution is 1.08. The molecule has 0 amide bonds. The summed E-state index contributed by atoms with van der Waals surface area (Å²) in [6.07, 6.45) is 3.52. The minimum Gasteiger partial charge on any atom is -0.351 e. The largest absolute Gasteiger partial charge is 0.351 e. The van der Waals surface area contributed by atoms with E-state index in [-0.39, 0.29) is 0 Å². The van der Waals surface area contributed by atoms with E-state index in [0.29, 0.717) is 0 Å². The van der Waals surface area contributed by atoms with E-state index in [1.807, 2.05) is 12.4 Å². The molecule has 2 rings (SSSR count). The number of thiazole rings is 1. The number of hydrogen-bond acceptors (Lipinski definition) is 4. The second kappa shape index (κ2) is 3.57. The van der Waals surface area contributed by atoms with Crippen molar-refractivity contribution in [3.8, 4) is 0 Å². The van der Waals surface area contributed by atoms with Crippen LogP contribution in [0.1, 0.15) is 10.6 Å². The van der Waals surface area contributed by atoms with Crippen molar-refractivity contribution in [1.82, 2.24) is 15.0 Å². The van der Waals surface area contributed by atoms with Gasteiger partial charge in [0.15, 0.2) is 5.95 Å². The third-order valence-corrected chi connectivity index (χ3v) is 2.69. The van der Waals surface area contributed by atoms with Gasteiger partial charge in [-0.05, 0) is 6.92 Å². The zero-order chi connectivity index (χ0) is 9.10. The molecule has 2 N–H and O–H groups in total. The Bertz CT molecular complexity index is 365. The smallest absolute Gasteiger partial charge is 0.200 e. The maximum Gasteiger partial charge on any atom is 0.200 e. The van der Waals surface area contributed by atoms with E-state index >= 15 is 0 Å². The highest BCUT2D eigenvalue weighted by Crippen LogP contribution is 2.12. The Balaban J connectivity index is 1.97. The van der Waals surface area contributed by atoms with Gasteiger partial charge in [0.1, 0.15) is 0 Å². The van der Waals surface area contributed by atoms with Crippen LogP contribution in [-0.4, -0.2) is 15.0 Å². The van der Waals surface area contributed by atoms with Crippen LogP contribution in [0.3, 0.4) is 0 Å². The fourth-order valence-corrected chi connectivity index (χ4v) is 1.74. The Morgan fingerprint density at radius 1 is 1.54 bits per heavy atom. The van der Waals surface area contributed by atoms with Crippen LogP contribution >= 0.6 is 11.3 Å². The van der Waals surface area contributed by atoms with Gasteiger partial charge < -0.3 is 10.3 Å². The zero-order valence-electron chi connectivity index (χ0n) is 7.24. The molecule has 2 aromatic rings. The van der Waals surface area contributed by atoms with Crippen LogP contribution in [0.5, 0.6) is 0 Å². The molecule has 0 atom stereocenters. The van der Waals surface area contributed by atoms with Gasteiger partial charge in [0.05, 0.1) is 17.7 Å². The fraction of sp³-hybridized carbons (Fsp3) is 0.250. The van der Waals surface area contributed by atoms with Crippen molar-refractivity contribution in [2.24, 2.45) is 0 Å². The first-order valence-electron chi connectivity index (χ1n) is 3.98. The lowest BCUT2D eigenvalue weighted by Crippen LogP contribution is -2.00. The predicted molar refractivity (Wildman–Crippen MR) is 52.8 cm³/mol. The Labute approximate surface area is 80.1 Å². The molecule has 0 saturated carbocycles. The van der Waals surface area contributed by atoms with E-state index < -0.39 is 0 Å². The van der Waals surface area contributed by atoms with Crippen molar-refractivity contribution in [1.29, 1.82) is 0 Å². The van der Waals surface area contributed by atoms with Gasteiger partial charge >= 0.3 is 0 Å². The summed E-state index contributed by atoms with van der Waals surface area (Å²) in [6, 6.07) is 0. The summed E-state index contributed by atoms with van der Waals surface area (Å²) in [7, 11) is 0. The molecule has 2 aromatic heterocycles. The number of imidazole rings is 1. The van der Waals surface area contributed by atoms with Gasteiger partial charge in [0.2, 0.25) is 0 Å². The number of H-pyrrole nitrogens is 1. The normalized spacial score (nSPS) is 10.2. The summed E-state index contributed by atoms with van der Waals surface area (Å²) in [5.41, 5.74) is 2.94. The van der Waals surface area contributed by atoms with Crippen LogP contribution in [0.2, 0.25) is 0 Å². The van der Waals surface area contributed by atoms with Gasteiger partial charge in [-0.2, -0.15) is 0 Å². The molecule has 2 heterocycles. The van der Waals surface area contributed by atoms with E-state index in [0.717, 1.165) is 18.2 Å². The zero-order valence-corrected chi connectivity index (χ0v) is 8.06. The second-order valence-electron chi connectivity index (χ2n) is 2.65. The summed E-state index contributed by atoms with van der Waals surface area (Å²) in [6.45, 7) is 2.79. The molecule has 0 aliphatic rings. The predicted octanol–water partition coefficient (Wildman–Crippen LogP) is 1.79. The SMILES string of the molecule is Cc1ncsc1CNc1ncc[nH]1. The fourth-order valence-electron chi connectivity index (χ4n) is 1.02. The molecule has 0 radical (unpaired) electrons. The molecule has 0 aliphatic carbocycles. The molecule has 4 nitrogen and oxygen atoms in total. The van der Waals surface area contributed by atoms with Crippen LogP contribution in [0.25, 0.3) is 0 Å². The Hall–Kier alpha value is -1.36. The Morgan fingerprint density at radius 3 is 3.08 bits per heavy atom. The summed E-state index contributed by atoms with van der Waals surface area (Å²) in [5.74, 6) is 0.799. The number of rotatable bonds is 3. The summed E-state index contributed by atoms with van der Waals surface area (Å²) >= 11 is 1.66. The first-order valence-corrected chi connectivity index (χ1v) is 4.86. The Kier molecular flexibility index (Phi) is 2.27. The number of anilines is 1. The summed E-state index contributed by atoms with van der Waals surface area (Å²) in [5, 5.41) is 3.17. The van der Waals surface area contributed by atoms with Crippen LogP contribution in [-0.2, 0) is 6.54 Å². The standard InChI is InChI=1S/C8H10N4S/c1-6-7(13-5-12-6)4-11-8-9-2-3-10-8/h2-3,5H,4H2,1H3,(H2,9,10,11). The average molecular weight is 194 g/mol. The van der Waals surface area contributed by atoms with Gasteiger partial charge in [-0.3, -0.25) is 0 Å². The number of hydrogen-bond donors (Lipinski definition) is 2. The van der Waals surface area contributed by atoms with Crippen molar-refractivity contribution >= 4 is 17.3 Å². The van der Waals surface area contributed by atoms with E-state index in [4.69, 9.17) is 0 Å². The molecular weight excluding hydrogens is 184 g/mol. The van der Waals surface area contributed by atoms with Crippen LogP contribution in [0.4, 0.5) is 5.95 Å². The quantitative estimate of drug-likeness (QED) is 0.783. The Morgan fingerprint density at radius 2 is 2.46 bits per heavy atom. The lowest BCUT2D eigenvalue weighted by atomic mass is 10.4. The minimum absolute atomic E-state index is 0.782. The summed E-state index contributed by atoms with van der Waals surface area (Å²) in [4.78, 5) is 12.5. The van der Waals surface area contributed by atoms with Crippen molar-refractivity contribution in [3.63, 3.8) is 0 Å². The van der Waals surface area contributed by atoms with Gasteiger partial charge in [-0.25, -0.2) is 9.97 Å². The van der Waals surface area contributed by atoms with Crippen LogP contribution < -0.4 is 5.32 Å². The van der Waals surface area contributed by atoms with Gasteiger partial charge in [0, 0.05) is 17.3 Å². The number of nitrogens with zero attached hydrogens (tertiary/aromatic N) is 2. The minimum atomic E-state index is 0.782. The number of aromatic amines is 1. The van der Waals surface area contributed by atoms with Gasteiger partial charge in [-0.1, -0.05) is 0 Å². The number of nitrogens with one attached hydrogen (secondary N) is 2. The van der Waals surface area contributed by atoms with Gasteiger partial charge in [0.25, 0.3) is 0 Å². The highest BCUT2D eigenvalue weighted by Gasteiger charge is 2.00. The number of aryl methyl sites for hydroxylation is 1. The maximum absolute atomic E-state index is 4.16. The highest BCUT2D eigenvalue weighted by atomic mass is 32.1. The molecule has 0 saturated heterocycles. The molecule has 0 aromatic carbocycles. The summed E-state index contributed by atoms with van der Waals surface area (Å²) < 4.78 is 0. The molecule has 68 valence electrons. The van der Waals surface area contributed by atoms with Gasteiger partial charge in [-0.15, -0.1) is 11.3 Å². The second-order valence-corrected chi connectivity index (χ2v) is 3.59. The van der Waals surface area contributed by atoms with Crippen LogP contribution in [0, 0.1) is 6.92 Å². The van der Waals surface area contributed by atoms with E-state index in [2.05, 4.69) is 20.3 Å². The molecule has 5 heteroatoms. The maximum atomic E-state index is 4.16. The molecule has 0 bridgehead atoms. The first-order chi connectivity index (χ1) is 6.36. The third-order valence-electron chi connectivity index (χ3n) is 1.76. The first kappa shape index (κ1) is 8.25.